The number of hydrogen-bond acceptors (Lipinski definition) is 4. The van der Waals surface area contributed by atoms with Gasteiger partial charge in [-0.2, -0.15) is 0 Å². The Kier molecular flexibility index (Phi) is 3.88. The SMILES string of the molecule is O=C(NCCCO)C1CCS(=O)(=O)C1. The second kappa shape index (κ2) is 4.75. The molecule has 1 rings (SSSR count). The van der Waals surface area contributed by atoms with E-state index in [-0.39, 0.29) is 24.0 Å². The molecule has 14 heavy (non-hydrogen) atoms. The van der Waals surface area contributed by atoms with E-state index in [0.717, 1.165) is 0 Å². The van der Waals surface area contributed by atoms with Crippen molar-refractivity contribution in [3.05, 3.63) is 0 Å². The average molecular weight is 221 g/mol. The second-order valence-corrected chi connectivity index (χ2v) is 5.70. The van der Waals surface area contributed by atoms with Crippen molar-refractivity contribution in [3.8, 4) is 0 Å². The molecule has 1 aliphatic rings. The van der Waals surface area contributed by atoms with Gasteiger partial charge in [-0.3, -0.25) is 4.79 Å². The van der Waals surface area contributed by atoms with Gasteiger partial charge in [0.2, 0.25) is 5.91 Å². The van der Waals surface area contributed by atoms with Crippen LogP contribution in [0.5, 0.6) is 0 Å². The van der Waals surface area contributed by atoms with Crippen molar-refractivity contribution in [1.29, 1.82) is 0 Å². The molecule has 0 aromatic rings. The van der Waals surface area contributed by atoms with Crippen LogP contribution in [-0.4, -0.2) is 44.1 Å². The third-order valence-electron chi connectivity index (χ3n) is 2.24. The van der Waals surface area contributed by atoms with Gasteiger partial charge in [0.05, 0.1) is 17.4 Å². The van der Waals surface area contributed by atoms with Crippen molar-refractivity contribution in [1.82, 2.24) is 5.32 Å². The molecule has 1 fully saturated rings. The monoisotopic (exact) mass is 221 g/mol. The molecule has 0 aromatic heterocycles. The first-order valence-electron chi connectivity index (χ1n) is 4.64. The van der Waals surface area contributed by atoms with Gasteiger partial charge in [0.15, 0.2) is 9.84 Å². The van der Waals surface area contributed by atoms with E-state index in [0.29, 0.717) is 19.4 Å². The summed E-state index contributed by atoms with van der Waals surface area (Å²) in [5.74, 6) is -0.513. The lowest BCUT2D eigenvalue weighted by molar-refractivity contribution is -0.124. The van der Waals surface area contributed by atoms with Gasteiger partial charge in [0, 0.05) is 13.2 Å². The Morgan fingerprint density at radius 2 is 2.21 bits per heavy atom. The van der Waals surface area contributed by atoms with E-state index in [9.17, 15) is 13.2 Å². The van der Waals surface area contributed by atoms with Gasteiger partial charge in [-0.25, -0.2) is 8.42 Å². The maximum absolute atomic E-state index is 11.4. The Balaban J connectivity index is 2.33. The number of hydrogen-bond donors (Lipinski definition) is 2. The smallest absolute Gasteiger partial charge is 0.224 e. The molecule has 0 aromatic carbocycles. The minimum Gasteiger partial charge on any atom is -0.396 e. The minimum absolute atomic E-state index is 0.0298. The fraction of sp³-hybridized carbons (Fsp3) is 0.875. The molecule has 6 heteroatoms. The first kappa shape index (κ1) is 11.5. The number of carbonyl (C=O) groups is 1. The molecule has 2 N–H and O–H groups in total. The molecule has 1 amide bonds. The van der Waals surface area contributed by atoms with E-state index in [2.05, 4.69) is 5.32 Å². The van der Waals surface area contributed by atoms with E-state index in [1.165, 1.54) is 0 Å². The van der Waals surface area contributed by atoms with Crippen LogP contribution in [0.3, 0.4) is 0 Å². The lowest BCUT2D eigenvalue weighted by Gasteiger charge is -2.07. The third-order valence-corrected chi connectivity index (χ3v) is 4.01. The van der Waals surface area contributed by atoms with Gasteiger partial charge in [-0.1, -0.05) is 0 Å². The van der Waals surface area contributed by atoms with Crippen molar-refractivity contribution in [3.63, 3.8) is 0 Å². The van der Waals surface area contributed by atoms with Crippen molar-refractivity contribution >= 4 is 15.7 Å². The predicted octanol–water partition coefficient (Wildman–Crippen LogP) is -1.08. The van der Waals surface area contributed by atoms with Crippen LogP contribution in [0, 0.1) is 5.92 Å². The number of aliphatic hydroxyl groups is 1. The Labute approximate surface area is 83.4 Å². The summed E-state index contributed by atoms with van der Waals surface area (Å²) in [5, 5.41) is 11.1. The Hall–Kier alpha value is -0.620. The maximum Gasteiger partial charge on any atom is 0.224 e. The number of nitrogens with one attached hydrogen (secondary N) is 1. The molecule has 82 valence electrons. The number of aliphatic hydroxyl groups excluding tert-OH is 1. The Bertz CT molecular complexity index is 298. The van der Waals surface area contributed by atoms with Crippen molar-refractivity contribution in [2.24, 2.45) is 5.92 Å². The largest absolute Gasteiger partial charge is 0.396 e. The molecule has 0 aliphatic carbocycles. The molecule has 1 saturated heterocycles. The highest BCUT2D eigenvalue weighted by molar-refractivity contribution is 7.91. The number of carbonyl (C=O) groups excluding carboxylic acids is 1. The molecular formula is C8H15NO4S. The van der Waals surface area contributed by atoms with Gasteiger partial charge in [-0.05, 0) is 12.8 Å². The molecular weight excluding hydrogens is 206 g/mol. The van der Waals surface area contributed by atoms with Crippen LogP contribution in [0.1, 0.15) is 12.8 Å². The number of rotatable bonds is 4. The van der Waals surface area contributed by atoms with E-state index in [1.54, 1.807) is 0 Å². The fourth-order valence-corrected chi connectivity index (χ4v) is 3.18. The van der Waals surface area contributed by atoms with Crippen LogP contribution < -0.4 is 5.32 Å². The third kappa shape index (κ3) is 3.26. The normalized spacial score (nSPS) is 24.8. The van der Waals surface area contributed by atoms with Crippen molar-refractivity contribution < 1.29 is 18.3 Å². The van der Waals surface area contributed by atoms with E-state index in [4.69, 9.17) is 5.11 Å². The average Bonchev–Trinajstić information content (AvgIpc) is 2.46. The predicted molar refractivity (Wildman–Crippen MR) is 51.5 cm³/mol. The van der Waals surface area contributed by atoms with Gasteiger partial charge >= 0.3 is 0 Å². The second-order valence-electron chi connectivity index (χ2n) is 3.47. The van der Waals surface area contributed by atoms with Gasteiger partial charge < -0.3 is 10.4 Å². The summed E-state index contributed by atoms with van der Waals surface area (Å²) in [6, 6.07) is 0. The summed E-state index contributed by atoms with van der Waals surface area (Å²) < 4.78 is 22.1. The highest BCUT2D eigenvalue weighted by Crippen LogP contribution is 2.18. The van der Waals surface area contributed by atoms with Crippen LogP contribution in [0.2, 0.25) is 0 Å². The Morgan fingerprint density at radius 1 is 1.50 bits per heavy atom. The molecule has 5 nitrogen and oxygen atoms in total. The maximum atomic E-state index is 11.4. The van der Waals surface area contributed by atoms with Crippen LogP contribution in [0.15, 0.2) is 0 Å². The van der Waals surface area contributed by atoms with E-state index in [1.807, 2.05) is 0 Å². The molecule has 1 aliphatic heterocycles. The fourth-order valence-electron chi connectivity index (χ4n) is 1.44. The zero-order valence-electron chi connectivity index (χ0n) is 7.90. The van der Waals surface area contributed by atoms with Crippen LogP contribution in [0.25, 0.3) is 0 Å². The van der Waals surface area contributed by atoms with Crippen molar-refractivity contribution in [2.75, 3.05) is 24.7 Å². The minimum atomic E-state index is -2.98. The standard InChI is InChI=1S/C8H15NO4S/c10-4-1-3-9-8(11)7-2-5-14(12,13)6-7/h7,10H,1-6H2,(H,9,11). The topological polar surface area (TPSA) is 83.5 Å². The summed E-state index contributed by atoms with van der Waals surface area (Å²) in [6.07, 6.45) is 0.929. The van der Waals surface area contributed by atoms with Crippen LogP contribution in [0.4, 0.5) is 0 Å². The van der Waals surface area contributed by atoms with Crippen LogP contribution in [-0.2, 0) is 14.6 Å². The van der Waals surface area contributed by atoms with Crippen LogP contribution >= 0.6 is 0 Å². The molecule has 1 atom stereocenters. The van der Waals surface area contributed by atoms with Gasteiger partial charge in [-0.15, -0.1) is 0 Å². The highest BCUT2D eigenvalue weighted by atomic mass is 32.2. The number of amides is 1. The molecule has 0 saturated carbocycles. The lowest BCUT2D eigenvalue weighted by Crippen LogP contribution is -2.32. The first-order valence-corrected chi connectivity index (χ1v) is 6.46. The summed E-state index contributed by atoms with van der Waals surface area (Å²) in [7, 11) is -2.98. The number of sulfone groups is 1. The summed E-state index contributed by atoms with van der Waals surface area (Å²) in [6.45, 7) is 0.440. The molecule has 1 unspecified atom stereocenters. The Morgan fingerprint density at radius 3 is 2.71 bits per heavy atom. The molecule has 0 bridgehead atoms. The summed E-state index contributed by atoms with van der Waals surface area (Å²) in [5.41, 5.74) is 0. The summed E-state index contributed by atoms with van der Waals surface area (Å²) >= 11 is 0. The quantitative estimate of drug-likeness (QED) is 0.591. The molecule has 0 spiro atoms. The van der Waals surface area contributed by atoms with Gasteiger partial charge in [0.1, 0.15) is 0 Å². The zero-order valence-corrected chi connectivity index (χ0v) is 8.72. The molecule has 1 heterocycles. The van der Waals surface area contributed by atoms with Crippen molar-refractivity contribution in [2.45, 2.75) is 12.8 Å². The highest BCUT2D eigenvalue weighted by Gasteiger charge is 2.32. The van der Waals surface area contributed by atoms with Gasteiger partial charge in [0.25, 0.3) is 0 Å². The lowest BCUT2D eigenvalue weighted by atomic mass is 10.1. The van der Waals surface area contributed by atoms with E-state index >= 15 is 0 Å². The summed E-state index contributed by atoms with van der Waals surface area (Å²) in [4.78, 5) is 11.4. The van der Waals surface area contributed by atoms with E-state index < -0.39 is 15.8 Å². The zero-order chi connectivity index (χ0) is 10.6. The molecule has 0 radical (unpaired) electrons. The first-order chi connectivity index (χ1) is 6.55.